The fourth-order valence-corrected chi connectivity index (χ4v) is 2.20. The van der Waals surface area contributed by atoms with E-state index in [2.05, 4.69) is 4.98 Å². The summed E-state index contributed by atoms with van der Waals surface area (Å²) in [6.07, 6.45) is 0. The Morgan fingerprint density at radius 1 is 1.14 bits per heavy atom. The zero-order valence-corrected chi connectivity index (χ0v) is 9.13. The Balaban J connectivity index is 2.44. The number of nitrogens with zero attached hydrogens (tertiary/aromatic N) is 1. The van der Waals surface area contributed by atoms with E-state index in [1.807, 2.05) is 0 Å². The van der Waals surface area contributed by atoms with Crippen molar-refractivity contribution < 1.29 is 4.39 Å². The minimum absolute atomic E-state index is 0.275. The van der Waals surface area contributed by atoms with Gasteiger partial charge in [0.25, 0.3) is 0 Å². The van der Waals surface area contributed by atoms with Gasteiger partial charge in [0.2, 0.25) is 0 Å². The number of hydrogen-bond donors (Lipinski definition) is 0. The summed E-state index contributed by atoms with van der Waals surface area (Å²) in [6, 6.07) is 6.03. The first-order valence-corrected chi connectivity index (χ1v) is 5.32. The third-order valence-corrected chi connectivity index (χ3v) is 3.42. The molecular formula is C9H4Cl2FNS. The average Bonchev–Trinajstić information content (AvgIpc) is 2.48. The summed E-state index contributed by atoms with van der Waals surface area (Å²) in [5.41, 5.74) is 0.810. The Kier molecular flexibility index (Phi) is 2.72. The summed E-state index contributed by atoms with van der Waals surface area (Å²) >= 11 is 12.7. The Morgan fingerprint density at radius 3 is 2.29 bits per heavy atom. The van der Waals surface area contributed by atoms with E-state index in [-0.39, 0.29) is 11.0 Å². The molecule has 0 aliphatic carbocycles. The summed E-state index contributed by atoms with van der Waals surface area (Å²) in [7, 11) is 0. The van der Waals surface area contributed by atoms with Gasteiger partial charge in [-0.15, -0.1) is 11.3 Å². The van der Waals surface area contributed by atoms with Gasteiger partial charge in [0.1, 0.15) is 15.2 Å². The van der Waals surface area contributed by atoms with Crippen LogP contribution in [0, 0.1) is 5.82 Å². The second-order valence-corrected chi connectivity index (χ2v) is 4.55. The fraction of sp³-hybridized carbons (Fsp3) is 0. The van der Waals surface area contributed by atoms with Crippen LogP contribution in [-0.4, -0.2) is 4.98 Å². The zero-order valence-electron chi connectivity index (χ0n) is 6.80. The Bertz CT molecular complexity index is 433. The first-order valence-electron chi connectivity index (χ1n) is 3.74. The molecule has 1 heterocycles. The Morgan fingerprint density at radius 2 is 1.79 bits per heavy atom. The van der Waals surface area contributed by atoms with Crippen LogP contribution in [-0.2, 0) is 0 Å². The molecule has 0 unspecified atom stereocenters. The average molecular weight is 248 g/mol. The zero-order chi connectivity index (χ0) is 10.1. The van der Waals surface area contributed by atoms with Crippen LogP contribution in [0.5, 0.6) is 0 Å². The molecule has 0 fully saturated rings. The minimum atomic E-state index is -0.275. The van der Waals surface area contributed by atoms with Crippen molar-refractivity contribution >= 4 is 34.5 Å². The molecule has 0 spiro atoms. The molecule has 2 aromatic rings. The molecule has 0 saturated heterocycles. The van der Waals surface area contributed by atoms with Crippen LogP contribution in [0.3, 0.4) is 0 Å². The second-order valence-electron chi connectivity index (χ2n) is 2.59. The lowest BCUT2D eigenvalue weighted by atomic mass is 10.2. The molecule has 0 saturated carbocycles. The number of thiazole rings is 1. The monoisotopic (exact) mass is 247 g/mol. The van der Waals surface area contributed by atoms with Crippen molar-refractivity contribution in [3.63, 3.8) is 0 Å². The summed E-state index contributed by atoms with van der Waals surface area (Å²) in [6.45, 7) is 0. The van der Waals surface area contributed by atoms with Crippen LogP contribution in [0.15, 0.2) is 24.3 Å². The van der Waals surface area contributed by atoms with Crippen molar-refractivity contribution in [3.05, 3.63) is 39.6 Å². The van der Waals surface area contributed by atoms with Crippen molar-refractivity contribution in [1.29, 1.82) is 0 Å². The van der Waals surface area contributed by atoms with Gasteiger partial charge in [-0.05, 0) is 24.3 Å². The second kappa shape index (κ2) is 3.85. The van der Waals surface area contributed by atoms with E-state index < -0.39 is 0 Å². The SMILES string of the molecule is Fc1ccc(-c2nc(Cl)c(Cl)s2)cc1. The van der Waals surface area contributed by atoms with Crippen molar-refractivity contribution in [3.8, 4) is 10.6 Å². The van der Waals surface area contributed by atoms with Crippen LogP contribution < -0.4 is 0 Å². The number of hydrogen-bond acceptors (Lipinski definition) is 2. The summed E-state index contributed by atoms with van der Waals surface area (Å²) in [5.74, 6) is -0.275. The van der Waals surface area contributed by atoms with E-state index in [1.165, 1.54) is 23.5 Å². The molecule has 1 aromatic carbocycles. The van der Waals surface area contributed by atoms with Gasteiger partial charge in [-0.1, -0.05) is 23.2 Å². The molecule has 0 bridgehead atoms. The topological polar surface area (TPSA) is 12.9 Å². The molecule has 14 heavy (non-hydrogen) atoms. The van der Waals surface area contributed by atoms with Crippen LogP contribution in [0.25, 0.3) is 10.6 Å². The molecule has 1 nitrogen and oxygen atoms in total. The third kappa shape index (κ3) is 1.90. The lowest BCUT2D eigenvalue weighted by Crippen LogP contribution is -1.76. The summed E-state index contributed by atoms with van der Waals surface area (Å²) < 4.78 is 13.1. The maximum Gasteiger partial charge on any atom is 0.159 e. The molecule has 2 rings (SSSR count). The predicted molar refractivity (Wildman–Crippen MR) is 57.5 cm³/mol. The molecule has 0 aliphatic rings. The van der Waals surface area contributed by atoms with E-state index in [9.17, 15) is 4.39 Å². The summed E-state index contributed by atoms with van der Waals surface area (Å²) in [5, 5.41) is 0.982. The van der Waals surface area contributed by atoms with Gasteiger partial charge in [-0.25, -0.2) is 9.37 Å². The highest BCUT2D eigenvalue weighted by Gasteiger charge is 2.08. The van der Waals surface area contributed by atoms with Crippen LogP contribution in [0.4, 0.5) is 4.39 Å². The number of halogens is 3. The van der Waals surface area contributed by atoms with Crippen LogP contribution >= 0.6 is 34.5 Å². The maximum atomic E-state index is 12.6. The standard InChI is InChI=1S/C9H4Cl2FNS/c10-7-8(11)14-9(13-7)5-1-3-6(12)4-2-5/h1-4H. The maximum absolute atomic E-state index is 12.6. The normalized spacial score (nSPS) is 10.5. The molecule has 0 aliphatic heterocycles. The van der Waals surface area contributed by atoms with Crippen molar-refractivity contribution in [2.75, 3.05) is 0 Å². The number of rotatable bonds is 1. The smallest absolute Gasteiger partial charge is 0.159 e. The molecule has 5 heteroatoms. The van der Waals surface area contributed by atoms with Gasteiger partial charge >= 0.3 is 0 Å². The highest BCUT2D eigenvalue weighted by molar-refractivity contribution is 7.19. The van der Waals surface area contributed by atoms with Crippen LogP contribution in [0.1, 0.15) is 0 Å². The predicted octanol–water partition coefficient (Wildman–Crippen LogP) is 4.26. The summed E-state index contributed by atoms with van der Waals surface area (Å²) in [4.78, 5) is 4.04. The fourth-order valence-electron chi connectivity index (χ4n) is 0.999. The van der Waals surface area contributed by atoms with E-state index in [4.69, 9.17) is 23.2 Å². The van der Waals surface area contributed by atoms with Crippen molar-refractivity contribution in [2.45, 2.75) is 0 Å². The molecule has 0 radical (unpaired) electrons. The van der Waals surface area contributed by atoms with Gasteiger partial charge in [-0.3, -0.25) is 0 Å². The van der Waals surface area contributed by atoms with Gasteiger partial charge in [0.05, 0.1) is 0 Å². The molecular weight excluding hydrogens is 244 g/mol. The molecule has 0 amide bonds. The lowest BCUT2D eigenvalue weighted by molar-refractivity contribution is 0.628. The van der Waals surface area contributed by atoms with E-state index in [0.717, 1.165) is 5.56 Å². The first kappa shape index (κ1) is 9.90. The number of aromatic nitrogens is 1. The van der Waals surface area contributed by atoms with Gasteiger partial charge in [0.15, 0.2) is 5.15 Å². The highest BCUT2D eigenvalue weighted by Crippen LogP contribution is 2.34. The highest BCUT2D eigenvalue weighted by atomic mass is 35.5. The third-order valence-electron chi connectivity index (χ3n) is 1.64. The molecule has 72 valence electrons. The van der Waals surface area contributed by atoms with Crippen LogP contribution in [0.2, 0.25) is 9.49 Å². The van der Waals surface area contributed by atoms with Gasteiger partial charge in [0, 0.05) is 5.56 Å². The van der Waals surface area contributed by atoms with Crippen molar-refractivity contribution in [1.82, 2.24) is 4.98 Å². The Hall–Kier alpha value is -0.640. The first-order chi connectivity index (χ1) is 6.66. The lowest BCUT2D eigenvalue weighted by Gasteiger charge is -1.93. The van der Waals surface area contributed by atoms with E-state index in [1.54, 1.807) is 12.1 Å². The largest absolute Gasteiger partial charge is 0.223 e. The van der Waals surface area contributed by atoms with Gasteiger partial charge in [-0.2, -0.15) is 0 Å². The van der Waals surface area contributed by atoms with Crippen molar-refractivity contribution in [2.24, 2.45) is 0 Å². The van der Waals surface area contributed by atoms with Gasteiger partial charge < -0.3 is 0 Å². The molecule has 0 N–H and O–H groups in total. The molecule has 1 aromatic heterocycles. The minimum Gasteiger partial charge on any atom is -0.223 e. The van der Waals surface area contributed by atoms with E-state index >= 15 is 0 Å². The van der Waals surface area contributed by atoms with E-state index in [0.29, 0.717) is 9.34 Å². The quantitative estimate of drug-likeness (QED) is 0.734. The Labute approximate surface area is 94.1 Å². The number of benzene rings is 1. The molecule has 0 atom stereocenters.